The van der Waals surface area contributed by atoms with Crippen molar-refractivity contribution in [3.05, 3.63) is 29.8 Å². The molecule has 1 aromatic rings. The standard InChI is InChI=1S/C15H23N3O/c1-13(19)17-9-8-16-12-14-4-6-15(7-5-14)18-10-2-3-11-18/h4-7,16H,2-3,8-12H2,1H3,(H,17,19). The lowest BCUT2D eigenvalue weighted by Crippen LogP contribution is -2.29. The third kappa shape index (κ3) is 4.56. The van der Waals surface area contributed by atoms with Gasteiger partial charge >= 0.3 is 0 Å². The minimum Gasteiger partial charge on any atom is -0.372 e. The molecule has 1 saturated heterocycles. The highest BCUT2D eigenvalue weighted by Gasteiger charge is 2.11. The number of benzene rings is 1. The number of carbonyl (C=O) groups excluding carboxylic acids is 1. The van der Waals surface area contributed by atoms with Crippen molar-refractivity contribution >= 4 is 11.6 Å². The second-order valence-corrected chi connectivity index (χ2v) is 5.02. The zero-order valence-electron chi connectivity index (χ0n) is 11.6. The highest BCUT2D eigenvalue weighted by Crippen LogP contribution is 2.20. The number of anilines is 1. The zero-order chi connectivity index (χ0) is 13.5. The maximum atomic E-state index is 10.7. The average molecular weight is 261 g/mol. The van der Waals surface area contributed by atoms with Gasteiger partial charge in [0.1, 0.15) is 0 Å². The Labute approximate surface area is 115 Å². The van der Waals surface area contributed by atoms with Gasteiger partial charge in [0.25, 0.3) is 0 Å². The summed E-state index contributed by atoms with van der Waals surface area (Å²) in [5.41, 5.74) is 2.62. The molecule has 0 bridgehead atoms. The maximum Gasteiger partial charge on any atom is 0.216 e. The highest BCUT2D eigenvalue weighted by atomic mass is 16.1. The Morgan fingerprint density at radius 3 is 2.47 bits per heavy atom. The molecule has 0 atom stereocenters. The molecule has 2 rings (SSSR count). The molecule has 2 N–H and O–H groups in total. The van der Waals surface area contributed by atoms with E-state index in [2.05, 4.69) is 39.8 Å². The van der Waals surface area contributed by atoms with E-state index < -0.39 is 0 Å². The topological polar surface area (TPSA) is 44.4 Å². The van der Waals surface area contributed by atoms with Gasteiger partial charge in [0.15, 0.2) is 0 Å². The van der Waals surface area contributed by atoms with Crippen LogP contribution in [0.5, 0.6) is 0 Å². The van der Waals surface area contributed by atoms with Crippen LogP contribution in [0, 0.1) is 0 Å². The summed E-state index contributed by atoms with van der Waals surface area (Å²) in [5.74, 6) is 0.0248. The third-order valence-electron chi connectivity index (χ3n) is 3.41. The highest BCUT2D eigenvalue weighted by molar-refractivity contribution is 5.72. The molecule has 1 aliphatic heterocycles. The van der Waals surface area contributed by atoms with Gasteiger partial charge in [-0.1, -0.05) is 12.1 Å². The van der Waals surface area contributed by atoms with E-state index in [1.165, 1.54) is 44.1 Å². The molecule has 0 saturated carbocycles. The van der Waals surface area contributed by atoms with Crippen molar-refractivity contribution in [3.63, 3.8) is 0 Å². The summed E-state index contributed by atoms with van der Waals surface area (Å²) in [5, 5.41) is 6.09. The summed E-state index contributed by atoms with van der Waals surface area (Å²) >= 11 is 0. The van der Waals surface area contributed by atoms with E-state index in [-0.39, 0.29) is 5.91 Å². The number of amides is 1. The van der Waals surface area contributed by atoms with Crippen LogP contribution in [0.15, 0.2) is 24.3 Å². The molecule has 0 aromatic heterocycles. The van der Waals surface area contributed by atoms with Gasteiger partial charge in [-0.2, -0.15) is 0 Å². The molecule has 19 heavy (non-hydrogen) atoms. The lowest BCUT2D eigenvalue weighted by atomic mass is 10.2. The molecule has 1 heterocycles. The lowest BCUT2D eigenvalue weighted by Gasteiger charge is -2.17. The fraction of sp³-hybridized carbons (Fsp3) is 0.533. The quantitative estimate of drug-likeness (QED) is 0.763. The van der Waals surface area contributed by atoms with Crippen LogP contribution in [0.25, 0.3) is 0 Å². The van der Waals surface area contributed by atoms with E-state index >= 15 is 0 Å². The molecule has 4 nitrogen and oxygen atoms in total. The first-order valence-electron chi connectivity index (χ1n) is 7.05. The van der Waals surface area contributed by atoms with Crippen molar-refractivity contribution in [2.75, 3.05) is 31.1 Å². The lowest BCUT2D eigenvalue weighted by molar-refractivity contribution is -0.118. The summed E-state index contributed by atoms with van der Waals surface area (Å²) in [4.78, 5) is 13.1. The van der Waals surface area contributed by atoms with Gasteiger partial charge in [0.2, 0.25) is 5.91 Å². The van der Waals surface area contributed by atoms with Gasteiger partial charge in [-0.05, 0) is 30.5 Å². The van der Waals surface area contributed by atoms with Crippen LogP contribution in [0.1, 0.15) is 25.3 Å². The number of nitrogens with zero attached hydrogens (tertiary/aromatic N) is 1. The Kier molecular flexibility index (Phi) is 5.21. The molecule has 1 fully saturated rings. The van der Waals surface area contributed by atoms with Gasteiger partial charge in [0, 0.05) is 45.3 Å². The first-order chi connectivity index (χ1) is 9.25. The van der Waals surface area contributed by atoms with Crippen LogP contribution < -0.4 is 15.5 Å². The van der Waals surface area contributed by atoms with Crippen LogP contribution in [-0.2, 0) is 11.3 Å². The maximum absolute atomic E-state index is 10.7. The van der Waals surface area contributed by atoms with Crippen molar-refractivity contribution in [3.8, 4) is 0 Å². The van der Waals surface area contributed by atoms with Crippen molar-refractivity contribution in [2.24, 2.45) is 0 Å². The minimum absolute atomic E-state index is 0.0248. The fourth-order valence-electron chi connectivity index (χ4n) is 2.36. The van der Waals surface area contributed by atoms with Crippen LogP contribution in [-0.4, -0.2) is 32.1 Å². The summed E-state index contributed by atoms with van der Waals surface area (Å²) in [7, 11) is 0. The first kappa shape index (κ1) is 13.9. The molecule has 0 radical (unpaired) electrons. The van der Waals surface area contributed by atoms with Crippen molar-refractivity contribution in [1.82, 2.24) is 10.6 Å². The molecule has 1 amide bonds. The molecular weight excluding hydrogens is 238 g/mol. The monoisotopic (exact) mass is 261 g/mol. The van der Waals surface area contributed by atoms with Crippen molar-refractivity contribution < 1.29 is 4.79 Å². The molecule has 104 valence electrons. The van der Waals surface area contributed by atoms with Crippen LogP contribution in [0.2, 0.25) is 0 Å². The van der Waals surface area contributed by atoms with E-state index in [0.717, 1.165) is 13.1 Å². The van der Waals surface area contributed by atoms with Crippen LogP contribution >= 0.6 is 0 Å². The largest absolute Gasteiger partial charge is 0.372 e. The van der Waals surface area contributed by atoms with Crippen molar-refractivity contribution in [1.29, 1.82) is 0 Å². The zero-order valence-corrected chi connectivity index (χ0v) is 11.6. The summed E-state index contributed by atoms with van der Waals surface area (Å²) in [6.07, 6.45) is 2.62. The molecule has 0 spiro atoms. The predicted octanol–water partition coefficient (Wildman–Crippen LogP) is 1.51. The number of carbonyl (C=O) groups is 1. The Bertz CT molecular complexity index is 396. The number of hydrogen-bond acceptors (Lipinski definition) is 3. The third-order valence-corrected chi connectivity index (χ3v) is 3.41. The Morgan fingerprint density at radius 2 is 1.84 bits per heavy atom. The van der Waals surface area contributed by atoms with Gasteiger partial charge in [-0.15, -0.1) is 0 Å². The summed E-state index contributed by atoms with van der Waals surface area (Å²) in [6, 6.07) is 8.77. The fourth-order valence-corrected chi connectivity index (χ4v) is 2.36. The number of rotatable bonds is 6. The van der Waals surface area contributed by atoms with Gasteiger partial charge in [0.05, 0.1) is 0 Å². The van der Waals surface area contributed by atoms with E-state index in [4.69, 9.17) is 0 Å². The van der Waals surface area contributed by atoms with E-state index in [9.17, 15) is 4.79 Å². The minimum atomic E-state index is 0.0248. The van der Waals surface area contributed by atoms with Gasteiger partial charge < -0.3 is 15.5 Å². The molecule has 1 aromatic carbocycles. The number of hydrogen-bond donors (Lipinski definition) is 2. The number of nitrogens with one attached hydrogen (secondary N) is 2. The van der Waals surface area contributed by atoms with Crippen LogP contribution in [0.3, 0.4) is 0 Å². The Hall–Kier alpha value is -1.55. The second kappa shape index (κ2) is 7.14. The Balaban J connectivity index is 1.71. The summed E-state index contributed by atoms with van der Waals surface area (Å²) in [6.45, 7) is 6.24. The van der Waals surface area contributed by atoms with E-state index in [1.54, 1.807) is 0 Å². The molecule has 0 aliphatic carbocycles. The Morgan fingerprint density at radius 1 is 1.16 bits per heavy atom. The van der Waals surface area contributed by atoms with Gasteiger partial charge in [-0.25, -0.2) is 0 Å². The molecule has 4 heteroatoms. The SMILES string of the molecule is CC(=O)NCCNCc1ccc(N2CCCC2)cc1. The first-order valence-corrected chi connectivity index (χ1v) is 7.05. The molecule has 1 aliphatic rings. The molecular formula is C15H23N3O. The predicted molar refractivity (Wildman–Crippen MR) is 78.3 cm³/mol. The normalized spacial score (nSPS) is 14.7. The smallest absolute Gasteiger partial charge is 0.216 e. The van der Waals surface area contributed by atoms with Gasteiger partial charge in [-0.3, -0.25) is 4.79 Å². The van der Waals surface area contributed by atoms with Crippen molar-refractivity contribution in [2.45, 2.75) is 26.3 Å². The summed E-state index contributed by atoms with van der Waals surface area (Å²) < 4.78 is 0. The molecule has 0 unspecified atom stereocenters. The van der Waals surface area contributed by atoms with E-state index in [1.807, 2.05) is 0 Å². The van der Waals surface area contributed by atoms with Crippen LogP contribution in [0.4, 0.5) is 5.69 Å². The second-order valence-electron chi connectivity index (χ2n) is 5.02. The van der Waals surface area contributed by atoms with E-state index in [0.29, 0.717) is 6.54 Å². The average Bonchev–Trinajstić information content (AvgIpc) is 2.93.